The third-order valence-electron chi connectivity index (χ3n) is 5.96. The Labute approximate surface area is 239 Å². The van der Waals surface area contributed by atoms with Crippen LogP contribution in [0.15, 0.2) is 75.0 Å². The fourth-order valence-electron chi connectivity index (χ4n) is 3.77. The van der Waals surface area contributed by atoms with Gasteiger partial charge in [0.25, 0.3) is 11.5 Å². The molecule has 0 radical (unpaired) electrons. The first-order valence-corrected chi connectivity index (χ1v) is 13.7. The Bertz CT molecular complexity index is 1570. The lowest BCUT2D eigenvalue weighted by molar-refractivity contribution is -0.118. The number of carbonyl (C=O) groups excluding carboxylic acids is 1. The summed E-state index contributed by atoms with van der Waals surface area (Å²) in [6, 6.07) is 17.5. The topological polar surface area (TPSA) is 94.8 Å². The Morgan fingerprint density at radius 1 is 1.10 bits per heavy atom. The Balaban J connectivity index is 1.57. The maximum absolute atomic E-state index is 13.4. The van der Waals surface area contributed by atoms with Crippen LogP contribution < -0.4 is 20.3 Å². The molecule has 0 aliphatic rings. The molecule has 0 aliphatic carbocycles. The van der Waals surface area contributed by atoms with E-state index in [0.717, 1.165) is 10.9 Å². The van der Waals surface area contributed by atoms with E-state index < -0.39 is 0 Å². The number of ether oxygens (including phenoxy) is 2. The number of carbonyl (C=O) groups is 1. The minimum Gasteiger partial charge on any atom is -0.490 e. The molecule has 1 amide bonds. The first kappa shape index (κ1) is 28.3. The molecule has 0 aliphatic heterocycles. The van der Waals surface area contributed by atoms with Crippen molar-refractivity contribution in [2.45, 2.75) is 33.1 Å². The summed E-state index contributed by atoms with van der Waals surface area (Å²) in [4.78, 5) is 30.4. The molecular weight excluding hydrogens is 584 g/mol. The van der Waals surface area contributed by atoms with Crippen LogP contribution in [-0.4, -0.2) is 35.0 Å². The Morgan fingerprint density at radius 2 is 1.87 bits per heavy atom. The fourth-order valence-corrected chi connectivity index (χ4v) is 4.26. The molecule has 0 unspecified atom stereocenters. The maximum atomic E-state index is 13.4. The largest absolute Gasteiger partial charge is 0.490 e. The van der Waals surface area contributed by atoms with E-state index in [1.807, 2.05) is 32.9 Å². The molecule has 0 saturated carbocycles. The number of anilines is 1. The van der Waals surface area contributed by atoms with Crippen molar-refractivity contribution in [3.63, 3.8) is 0 Å². The van der Waals surface area contributed by atoms with E-state index >= 15 is 0 Å². The normalized spacial score (nSPS) is 12.0. The van der Waals surface area contributed by atoms with Gasteiger partial charge in [0.05, 0.1) is 23.7 Å². The highest BCUT2D eigenvalue weighted by molar-refractivity contribution is 9.10. The molecule has 39 heavy (non-hydrogen) atoms. The van der Waals surface area contributed by atoms with Gasteiger partial charge in [-0.25, -0.2) is 4.98 Å². The van der Waals surface area contributed by atoms with E-state index in [1.54, 1.807) is 54.7 Å². The van der Waals surface area contributed by atoms with Crippen molar-refractivity contribution in [3.8, 4) is 11.5 Å². The molecule has 1 aromatic heterocycles. The summed E-state index contributed by atoms with van der Waals surface area (Å²) in [5.41, 5.74) is 1.69. The second-order valence-corrected chi connectivity index (χ2v) is 10.1. The van der Waals surface area contributed by atoms with Gasteiger partial charge in [0, 0.05) is 21.1 Å². The number of aromatic nitrogens is 2. The number of amides is 1. The van der Waals surface area contributed by atoms with Gasteiger partial charge in [-0.1, -0.05) is 41.4 Å². The third kappa shape index (κ3) is 7.04. The number of nitrogens with one attached hydrogen (secondary N) is 1. The van der Waals surface area contributed by atoms with Gasteiger partial charge in [-0.05, 0) is 79.6 Å². The number of benzene rings is 3. The van der Waals surface area contributed by atoms with Crippen LogP contribution in [0, 0.1) is 0 Å². The van der Waals surface area contributed by atoms with Crippen LogP contribution in [0.5, 0.6) is 11.5 Å². The van der Waals surface area contributed by atoms with Gasteiger partial charge < -0.3 is 14.8 Å². The van der Waals surface area contributed by atoms with Gasteiger partial charge in [0.1, 0.15) is 5.82 Å². The smallest absolute Gasteiger partial charge is 0.282 e. The summed E-state index contributed by atoms with van der Waals surface area (Å²) in [6.07, 6.45) is 2.38. The van der Waals surface area contributed by atoms with Crippen molar-refractivity contribution in [2.24, 2.45) is 5.10 Å². The van der Waals surface area contributed by atoms with E-state index in [-0.39, 0.29) is 24.0 Å². The highest BCUT2D eigenvalue weighted by Crippen LogP contribution is 2.28. The van der Waals surface area contributed by atoms with Crippen LogP contribution in [0.3, 0.4) is 0 Å². The van der Waals surface area contributed by atoms with Crippen molar-refractivity contribution in [2.75, 3.05) is 18.5 Å². The molecule has 4 aromatic rings. The average molecular weight is 612 g/mol. The summed E-state index contributed by atoms with van der Waals surface area (Å²) in [5.74, 6) is 1.16. The molecule has 1 heterocycles. The molecule has 8 nitrogen and oxygen atoms in total. The van der Waals surface area contributed by atoms with Gasteiger partial charge in [-0.2, -0.15) is 9.78 Å². The minimum absolute atomic E-state index is 0.0247. The lowest BCUT2D eigenvalue weighted by Gasteiger charge is -2.14. The summed E-state index contributed by atoms with van der Waals surface area (Å²) in [6.45, 7) is 6.10. The van der Waals surface area contributed by atoms with E-state index in [1.165, 1.54) is 4.68 Å². The second-order valence-electron chi connectivity index (χ2n) is 8.79. The molecule has 0 spiro atoms. The quantitative estimate of drug-likeness (QED) is 0.203. The second kappa shape index (κ2) is 12.9. The molecule has 4 rings (SSSR count). The average Bonchev–Trinajstić information content (AvgIpc) is 2.93. The van der Waals surface area contributed by atoms with Crippen molar-refractivity contribution < 1.29 is 14.3 Å². The van der Waals surface area contributed by atoms with Gasteiger partial charge >= 0.3 is 0 Å². The number of rotatable bonds is 10. The van der Waals surface area contributed by atoms with Gasteiger partial charge in [-0.3, -0.25) is 9.59 Å². The summed E-state index contributed by atoms with van der Waals surface area (Å²) in [5, 5.41) is 8.33. The predicted octanol–water partition coefficient (Wildman–Crippen LogP) is 6.62. The highest BCUT2D eigenvalue weighted by Gasteiger charge is 2.16. The molecule has 10 heteroatoms. The van der Waals surface area contributed by atoms with Crippen LogP contribution in [0.4, 0.5) is 5.69 Å². The van der Waals surface area contributed by atoms with Crippen LogP contribution in [0.2, 0.25) is 5.02 Å². The zero-order valence-corrected chi connectivity index (χ0v) is 24.1. The molecule has 0 bridgehead atoms. The number of halogens is 2. The van der Waals surface area contributed by atoms with Gasteiger partial charge in [0.2, 0.25) is 0 Å². The molecule has 1 N–H and O–H groups in total. The van der Waals surface area contributed by atoms with Crippen LogP contribution in [0.25, 0.3) is 10.9 Å². The summed E-state index contributed by atoms with van der Waals surface area (Å²) < 4.78 is 13.6. The Kier molecular flexibility index (Phi) is 9.37. The first-order valence-electron chi connectivity index (χ1n) is 12.5. The van der Waals surface area contributed by atoms with Crippen molar-refractivity contribution >= 4 is 56.2 Å². The predicted molar refractivity (Wildman–Crippen MR) is 159 cm³/mol. The van der Waals surface area contributed by atoms with Crippen molar-refractivity contribution in [1.82, 2.24) is 9.66 Å². The van der Waals surface area contributed by atoms with Gasteiger partial charge in [0.15, 0.2) is 18.1 Å². The Hall–Kier alpha value is -3.69. The van der Waals surface area contributed by atoms with E-state index in [4.69, 9.17) is 26.1 Å². The number of nitrogens with zero attached hydrogens (tertiary/aromatic N) is 3. The number of fused-ring (bicyclic) bond motifs is 1. The van der Waals surface area contributed by atoms with Crippen molar-refractivity contribution in [1.29, 1.82) is 0 Å². The standard InChI is InChI=1S/C29H28BrClN4O4/c1-4-18(3)28-34-24-12-7-20(30)15-23(24)29(37)35(28)32-16-19-6-13-25(26(14-19)38-5-2)39-17-27(36)33-22-10-8-21(31)9-11-22/h6-16,18H,4-5,17H2,1-3H3,(H,33,36)/t18-/m1/s1. The molecule has 1 atom stereocenters. The molecule has 0 fully saturated rings. The fraction of sp³-hybridized carbons (Fsp3) is 0.241. The summed E-state index contributed by atoms with van der Waals surface area (Å²) in [7, 11) is 0. The lowest BCUT2D eigenvalue weighted by Crippen LogP contribution is -2.23. The zero-order valence-electron chi connectivity index (χ0n) is 21.8. The van der Waals surface area contributed by atoms with Crippen LogP contribution >= 0.6 is 27.5 Å². The molecular formula is C29H28BrClN4O4. The summed E-state index contributed by atoms with van der Waals surface area (Å²) >= 11 is 9.32. The number of hydrogen-bond acceptors (Lipinski definition) is 6. The van der Waals surface area contributed by atoms with E-state index in [2.05, 4.69) is 26.3 Å². The number of hydrogen-bond donors (Lipinski definition) is 1. The minimum atomic E-state index is -0.321. The molecule has 202 valence electrons. The van der Waals surface area contributed by atoms with E-state index in [0.29, 0.717) is 51.1 Å². The van der Waals surface area contributed by atoms with Crippen LogP contribution in [-0.2, 0) is 4.79 Å². The monoisotopic (exact) mass is 610 g/mol. The maximum Gasteiger partial charge on any atom is 0.282 e. The first-order chi connectivity index (χ1) is 18.8. The molecule has 0 saturated heterocycles. The van der Waals surface area contributed by atoms with E-state index in [9.17, 15) is 9.59 Å². The third-order valence-corrected chi connectivity index (χ3v) is 6.71. The highest BCUT2D eigenvalue weighted by atomic mass is 79.9. The van der Waals surface area contributed by atoms with Gasteiger partial charge in [-0.15, -0.1) is 0 Å². The molecule has 3 aromatic carbocycles. The van der Waals surface area contributed by atoms with Crippen LogP contribution in [0.1, 0.15) is 44.5 Å². The SMILES string of the molecule is CCOc1cc(C=Nn2c([C@H](C)CC)nc3ccc(Br)cc3c2=O)ccc1OCC(=O)Nc1ccc(Cl)cc1. The van der Waals surface area contributed by atoms with Crippen molar-refractivity contribution in [3.05, 3.63) is 91.9 Å². The Morgan fingerprint density at radius 3 is 2.59 bits per heavy atom. The lowest BCUT2D eigenvalue weighted by atomic mass is 10.1. The zero-order chi connectivity index (χ0) is 27.9.